The average molecular weight is 446 g/mol. The maximum absolute atomic E-state index is 12.6. The van der Waals surface area contributed by atoms with E-state index in [4.69, 9.17) is 0 Å². The summed E-state index contributed by atoms with van der Waals surface area (Å²) in [7, 11) is -7.57. The van der Waals surface area contributed by atoms with Crippen molar-refractivity contribution in [2.75, 3.05) is 6.54 Å². The van der Waals surface area contributed by atoms with E-state index >= 15 is 0 Å². The summed E-state index contributed by atoms with van der Waals surface area (Å²) in [6, 6.07) is 22.8. The second-order valence-corrected chi connectivity index (χ2v) is 10.1. The normalized spacial score (nSPS) is 13.1. The summed E-state index contributed by atoms with van der Waals surface area (Å²) in [5, 5.41) is 0. The topological polar surface area (TPSA) is 104 Å². The van der Waals surface area contributed by atoms with Gasteiger partial charge in [0, 0.05) is 6.54 Å². The fourth-order valence-corrected chi connectivity index (χ4v) is 4.72. The van der Waals surface area contributed by atoms with E-state index in [2.05, 4.69) is 15.0 Å². The predicted octanol–water partition coefficient (Wildman–Crippen LogP) is 2.50. The van der Waals surface area contributed by atoms with Crippen molar-refractivity contribution in [1.29, 1.82) is 0 Å². The Bertz CT molecular complexity index is 1170. The largest absolute Gasteiger partial charge is 0.253 e. The van der Waals surface area contributed by atoms with E-state index in [9.17, 15) is 16.8 Å². The number of hydrogen-bond acceptors (Lipinski definition) is 5. The van der Waals surface area contributed by atoms with E-state index in [0.717, 1.165) is 11.1 Å². The molecule has 0 saturated carbocycles. The minimum Gasteiger partial charge on any atom is -0.235 e. The Kier molecular flexibility index (Phi) is 7.01. The van der Waals surface area contributed by atoms with Crippen LogP contribution in [0.5, 0.6) is 0 Å². The van der Waals surface area contributed by atoms with Gasteiger partial charge in [0.2, 0.25) is 10.0 Å². The first-order chi connectivity index (χ1) is 14.3. The van der Waals surface area contributed by atoms with Crippen LogP contribution in [0, 0.1) is 6.92 Å². The second kappa shape index (κ2) is 9.50. The van der Waals surface area contributed by atoms with Crippen LogP contribution in [0.3, 0.4) is 0 Å². The molecule has 0 aliphatic rings. The molecular weight excluding hydrogens is 422 g/mol. The Morgan fingerprint density at radius 1 is 0.700 bits per heavy atom. The van der Waals surface area contributed by atoms with Crippen LogP contribution in [0.4, 0.5) is 0 Å². The number of aryl methyl sites for hydroxylation is 1. The van der Waals surface area contributed by atoms with Gasteiger partial charge in [-0.1, -0.05) is 66.2 Å². The SMILES string of the molecule is Cc1ccc(S(=O)(=O)NCC(NNS(=O)(=O)c2ccccc2)c2ccccc2)cc1. The summed E-state index contributed by atoms with van der Waals surface area (Å²) in [5.41, 5.74) is 4.42. The van der Waals surface area contributed by atoms with Crippen molar-refractivity contribution < 1.29 is 16.8 Å². The zero-order chi connectivity index (χ0) is 21.6. The van der Waals surface area contributed by atoms with Gasteiger partial charge in [-0.2, -0.15) is 0 Å². The summed E-state index contributed by atoms with van der Waals surface area (Å²) < 4.78 is 52.8. The van der Waals surface area contributed by atoms with Gasteiger partial charge in [-0.15, -0.1) is 4.83 Å². The van der Waals surface area contributed by atoms with Gasteiger partial charge in [0.05, 0.1) is 15.8 Å². The fourth-order valence-electron chi connectivity index (χ4n) is 2.74. The number of rotatable bonds is 9. The third kappa shape index (κ3) is 5.74. The molecule has 0 fully saturated rings. The van der Waals surface area contributed by atoms with E-state index in [1.165, 1.54) is 24.3 Å². The third-order valence-corrected chi connectivity index (χ3v) is 7.15. The van der Waals surface area contributed by atoms with Gasteiger partial charge in [0.25, 0.3) is 10.0 Å². The molecule has 0 aliphatic heterocycles. The smallest absolute Gasteiger partial charge is 0.235 e. The van der Waals surface area contributed by atoms with Crippen molar-refractivity contribution in [1.82, 2.24) is 15.0 Å². The number of hydrazine groups is 1. The van der Waals surface area contributed by atoms with Crippen LogP contribution in [0.1, 0.15) is 17.2 Å². The van der Waals surface area contributed by atoms with Gasteiger partial charge >= 0.3 is 0 Å². The lowest BCUT2D eigenvalue weighted by Gasteiger charge is -2.20. The van der Waals surface area contributed by atoms with Gasteiger partial charge in [0.15, 0.2) is 0 Å². The highest BCUT2D eigenvalue weighted by atomic mass is 32.2. The zero-order valence-corrected chi connectivity index (χ0v) is 17.9. The van der Waals surface area contributed by atoms with Crippen LogP contribution in [-0.2, 0) is 20.0 Å². The Morgan fingerprint density at radius 3 is 1.83 bits per heavy atom. The Morgan fingerprint density at radius 2 is 1.23 bits per heavy atom. The van der Waals surface area contributed by atoms with Crippen LogP contribution in [0.25, 0.3) is 0 Å². The molecule has 7 nitrogen and oxygen atoms in total. The average Bonchev–Trinajstić information content (AvgIpc) is 2.75. The number of hydrogen-bond donors (Lipinski definition) is 3. The predicted molar refractivity (Wildman–Crippen MR) is 115 cm³/mol. The molecule has 3 N–H and O–H groups in total. The highest BCUT2D eigenvalue weighted by Gasteiger charge is 2.20. The zero-order valence-electron chi connectivity index (χ0n) is 16.3. The third-order valence-electron chi connectivity index (χ3n) is 4.43. The summed E-state index contributed by atoms with van der Waals surface area (Å²) in [5.74, 6) is 0. The van der Waals surface area contributed by atoms with Gasteiger partial charge < -0.3 is 0 Å². The van der Waals surface area contributed by atoms with Crippen molar-refractivity contribution in [3.05, 3.63) is 96.1 Å². The molecule has 3 aromatic carbocycles. The summed E-state index contributed by atoms with van der Waals surface area (Å²) in [6.07, 6.45) is 0. The molecule has 3 aromatic rings. The molecule has 1 atom stereocenters. The summed E-state index contributed by atoms with van der Waals surface area (Å²) in [6.45, 7) is 1.82. The van der Waals surface area contributed by atoms with Crippen molar-refractivity contribution in [2.24, 2.45) is 0 Å². The van der Waals surface area contributed by atoms with E-state index in [-0.39, 0.29) is 16.3 Å². The minimum absolute atomic E-state index is 0.0580. The first kappa shape index (κ1) is 22.1. The molecule has 158 valence electrons. The van der Waals surface area contributed by atoms with Crippen molar-refractivity contribution in [3.63, 3.8) is 0 Å². The number of sulfonamides is 2. The lowest BCUT2D eigenvalue weighted by atomic mass is 10.1. The molecule has 0 saturated heterocycles. The molecule has 0 aliphatic carbocycles. The molecule has 0 radical (unpaired) electrons. The number of benzene rings is 3. The Labute approximate surface area is 177 Å². The number of nitrogens with one attached hydrogen (secondary N) is 3. The quantitative estimate of drug-likeness (QED) is 0.439. The standard InChI is InChI=1S/C21H23N3O4S2/c1-17-12-14-20(15-13-17)29(25,26)22-16-21(18-8-4-2-5-9-18)23-24-30(27,28)19-10-6-3-7-11-19/h2-15,21-24H,16H2,1H3. The molecule has 1 unspecified atom stereocenters. The molecule has 0 heterocycles. The van der Waals surface area contributed by atoms with Crippen LogP contribution >= 0.6 is 0 Å². The van der Waals surface area contributed by atoms with E-state index in [1.807, 2.05) is 13.0 Å². The summed E-state index contributed by atoms with van der Waals surface area (Å²) in [4.78, 5) is 2.59. The first-order valence-electron chi connectivity index (χ1n) is 9.22. The Hall–Kier alpha value is -2.56. The molecule has 9 heteroatoms. The first-order valence-corrected chi connectivity index (χ1v) is 12.2. The van der Waals surface area contributed by atoms with E-state index in [1.54, 1.807) is 54.6 Å². The Balaban J connectivity index is 1.76. The highest BCUT2D eigenvalue weighted by molar-refractivity contribution is 7.89. The fraction of sp³-hybridized carbons (Fsp3) is 0.143. The van der Waals surface area contributed by atoms with Crippen LogP contribution in [0.2, 0.25) is 0 Å². The lowest BCUT2D eigenvalue weighted by molar-refractivity contribution is 0.482. The van der Waals surface area contributed by atoms with E-state index in [0.29, 0.717) is 0 Å². The van der Waals surface area contributed by atoms with Crippen molar-refractivity contribution >= 4 is 20.0 Å². The van der Waals surface area contributed by atoms with Crippen LogP contribution < -0.4 is 15.0 Å². The molecule has 3 rings (SSSR count). The van der Waals surface area contributed by atoms with Gasteiger partial charge in [-0.3, -0.25) is 0 Å². The lowest BCUT2D eigenvalue weighted by Crippen LogP contribution is -2.44. The second-order valence-electron chi connectivity index (χ2n) is 6.69. The van der Waals surface area contributed by atoms with Crippen molar-refractivity contribution in [2.45, 2.75) is 22.8 Å². The van der Waals surface area contributed by atoms with Gasteiger partial charge in [-0.05, 0) is 36.8 Å². The van der Waals surface area contributed by atoms with Gasteiger partial charge in [-0.25, -0.2) is 27.0 Å². The monoisotopic (exact) mass is 445 g/mol. The minimum atomic E-state index is -3.81. The highest BCUT2D eigenvalue weighted by Crippen LogP contribution is 2.15. The van der Waals surface area contributed by atoms with Crippen LogP contribution in [-0.4, -0.2) is 23.4 Å². The molecule has 30 heavy (non-hydrogen) atoms. The maximum Gasteiger partial charge on any atom is 0.253 e. The molecule has 0 amide bonds. The van der Waals surface area contributed by atoms with Gasteiger partial charge in [0.1, 0.15) is 0 Å². The molecule has 0 spiro atoms. The summed E-state index contributed by atoms with van der Waals surface area (Å²) >= 11 is 0. The van der Waals surface area contributed by atoms with Crippen LogP contribution in [0.15, 0.2) is 94.7 Å². The molecule has 0 aromatic heterocycles. The molecular formula is C21H23N3O4S2. The van der Waals surface area contributed by atoms with Crippen molar-refractivity contribution in [3.8, 4) is 0 Å². The van der Waals surface area contributed by atoms with E-state index < -0.39 is 26.1 Å². The molecule has 0 bridgehead atoms. The maximum atomic E-state index is 12.6.